The third-order valence-corrected chi connectivity index (χ3v) is 2.83. The number of aliphatic hydroxyl groups is 1. The maximum absolute atomic E-state index is 9.00. The van der Waals surface area contributed by atoms with Gasteiger partial charge in [-0.2, -0.15) is 0 Å². The van der Waals surface area contributed by atoms with Crippen molar-refractivity contribution in [2.24, 2.45) is 0 Å². The van der Waals surface area contributed by atoms with Gasteiger partial charge in [-0.15, -0.1) is 0 Å². The second kappa shape index (κ2) is 3.79. The summed E-state index contributed by atoms with van der Waals surface area (Å²) < 4.78 is 6.51. The van der Waals surface area contributed by atoms with E-state index < -0.39 is 0 Å². The molecule has 1 heterocycles. The molecule has 0 amide bonds. The Bertz CT molecular complexity index is 354. The van der Waals surface area contributed by atoms with Crippen molar-refractivity contribution in [2.75, 3.05) is 18.5 Å². The lowest BCUT2D eigenvalue weighted by Gasteiger charge is -2.27. The van der Waals surface area contributed by atoms with E-state index in [1.165, 1.54) is 0 Å². The number of hydrogen-bond acceptors (Lipinski definition) is 3. The van der Waals surface area contributed by atoms with Crippen LogP contribution in [-0.2, 0) is 0 Å². The van der Waals surface area contributed by atoms with E-state index in [0.717, 1.165) is 21.5 Å². The first kappa shape index (κ1) is 9.80. The van der Waals surface area contributed by atoms with E-state index in [-0.39, 0.29) is 12.6 Å². The first-order valence-corrected chi connectivity index (χ1v) is 5.30. The van der Waals surface area contributed by atoms with E-state index in [9.17, 15) is 0 Å². The van der Waals surface area contributed by atoms with E-state index in [4.69, 9.17) is 9.84 Å². The number of fused-ring (bicyclic) bond motifs is 1. The van der Waals surface area contributed by atoms with Crippen molar-refractivity contribution in [3.8, 4) is 5.75 Å². The molecule has 0 bridgehead atoms. The van der Waals surface area contributed by atoms with Gasteiger partial charge in [-0.1, -0.05) is 0 Å². The topological polar surface area (TPSA) is 41.5 Å². The Balaban J connectivity index is 2.37. The molecule has 2 N–H and O–H groups in total. The Morgan fingerprint density at radius 2 is 2.43 bits per heavy atom. The van der Waals surface area contributed by atoms with E-state index in [0.29, 0.717) is 6.61 Å². The predicted molar refractivity (Wildman–Crippen MR) is 58.9 cm³/mol. The quantitative estimate of drug-likeness (QED) is 0.808. The molecule has 0 aliphatic carbocycles. The number of nitrogens with one attached hydrogen (secondary N) is 1. The monoisotopic (exact) mass is 257 g/mol. The Morgan fingerprint density at radius 1 is 1.64 bits per heavy atom. The third-order valence-electron chi connectivity index (χ3n) is 2.21. The second-order valence-corrected chi connectivity index (χ2v) is 4.31. The molecule has 76 valence electrons. The van der Waals surface area contributed by atoms with Gasteiger partial charge < -0.3 is 15.2 Å². The Hall–Kier alpha value is -0.740. The smallest absolute Gasteiger partial charge is 0.143 e. The SMILES string of the molecule is Cc1cc(Br)c2c(c1)OCC(CO)N2. The summed E-state index contributed by atoms with van der Waals surface area (Å²) in [5.41, 5.74) is 2.08. The molecule has 14 heavy (non-hydrogen) atoms. The highest BCUT2D eigenvalue weighted by molar-refractivity contribution is 9.10. The van der Waals surface area contributed by atoms with Crippen LogP contribution in [0.5, 0.6) is 5.75 Å². The van der Waals surface area contributed by atoms with E-state index >= 15 is 0 Å². The van der Waals surface area contributed by atoms with Gasteiger partial charge in [-0.25, -0.2) is 0 Å². The molecule has 1 aromatic rings. The molecule has 1 atom stereocenters. The van der Waals surface area contributed by atoms with Gasteiger partial charge in [-0.05, 0) is 40.5 Å². The molecule has 0 radical (unpaired) electrons. The maximum Gasteiger partial charge on any atom is 0.143 e. The number of rotatable bonds is 1. The van der Waals surface area contributed by atoms with Crippen molar-refractivity contribution >= 4 is 21.6 Å². The van der Waals surface area contributed by atoms with Gasteiger partial charge >= 0.3 is 0 Å². The molecule has 0 saturated heterocycles. The molecular weight excluding hydrogens is 246 g/mol. The lowest BCUT2D eigenvalue weighted by molar-refractivity contribution is 0.207. The number of aryl methyl sites for hydroxylation is 1. The van der Waals surface area contributed by atoms with Crippen molar-refractivity contribution in [3.05, 3.63) is 22.2 Å². The normalized spacial score (nSPS) is 19.5. The van der Waals surface area contributed by atoms with Crippen LogP contribution in [0.3, 0.4) is 0 Å². The summed E-state index contributed by atoms with van der Waals surface area (Å²) in [6.07, 6.45) is 0. The average Bonchev–Trinajstić information content (AvgIpc) is 2.17. The Kier molecular flexibility index (Phi) is 2.65. The minimum atomic E-state index is -0.0125. The van der Waals surface area contributed by atoms with Crippen LogP contribution in [0.15, 0.2) is 16.6 Å². The lowest BCUT2D eigenvalue weighted by Crippen LogP contribution is -2.34. The van der Waals surface area contributed by atoms with Crippen LogP contribution < -0.4 is 10.1 Å². The number of hydrogen-bond donors (Lipinski definition) is 2. The zero-order valence-corrected chi connectivity index (χ0v) is 9.47. The van der Waals surface area contributed by atoms with Gasteiger partial charge in [-0.3, -0.25) is 0 Å². The van der Waals surface area contributed by atoms with Crippen LogP contribution in [0.1, 0.15) is 5.56 Å². The number of halogens is 1. The first-order chi connectivity index (χ1) is 6.70. The lowest BCUT2D eigenvalue weighted by atomic mass is 10.1. The van der Waals surface area contributed by atoms with Gasteiger partial charge in [0, 0.05) is 4.47 Å². The van der Waals surface area contributed by atoms with Crippen molar-refractivity contribution in [2.45, 2.75) is 13.0 Å². The number of ether oxygens (including phenoxy) is 1. The number of aliphatic hydroxyl groups excluding tert-OH is 1. The zero-order chi connectivity index (χ0) is 10.1. The largest absolute Gasteiger partial charge is 0.489 e. The van der Waals surface area contributed by atoms with Crippen LogP contribution in [0, 0.1) is 6.92 Å². The molecule has 0 spiro atoms. The minimum Gasteiger partial charge on any atom is -0.489 e. The fraction of sp³-hybridized carbons (Fsp3) is 0.400. The molecule has 0 fully saturated rings. The Morgan fingerprint density at radius 3 is 3.14 bits per heavy atom. The summed E-state index contributed by atoms with van der Waals surface area (Å²) in [7, 11) is 0. The van der Waals surface area contributed by atoms with Crippen molar-refractivity contribution in [3.63, 3.8) is 0 Å². The molecule has 1 aromatic carbocycles. The highest BCUT2D eigenvalue weighted by atomic mass is 79.9. The molecule has 0 saturated carbocycles. The first-order valence-electron chi connectivity index (χ1n) is 4.51. The van der Waals surface area contributed by atoms with E-state index in [1.807, 2.05) is 19.1 Å². The average molecular weight is 258 g/mol. The maximum atomic E-state index is 9.00. The van der Waals surface area contributed by atoms with Crippen LogP contribution in [0.2, 0.25) is 0 Å². The molecule has 1 unspecified atom stereocenters. The van der Waals surface area contributed by atoms with Gasteiger partial charge in [0.15, 0.2) is 0 Å². The summed E-state index contributed by atoms with van der Waals surface area (Å²) in [5.74, 6) is 0.849. The van der Waals surface area contributed by atoms with Crippen molar-refractivity contribution in [1.29, 1.82) is 0 Å². The zero-order valence-electron chi connectivity index (χ0n) is 7.88. The van der Waals surface area contributed by atoms with E-state index in [1.54, 1.807) is 0 Å². The molecule has 2 rings (SSSR count). The molecule has 4 heteroatoms. The van der Waals surface area contributed by atoms with Crippen molar-refractivity contribution in [1.82, 2.24) is 0 Å². The van der Waals surface area contributed by atoms with Gasteiger partial charge in [0.05, 0.1) is 18.3 Å². The van der Waals surface area contributed by atoms with E-state index in [2.05, 4.69) is 21.2 Å². The van der Waals surface area contributed by atoms with Crippen LogP contribution in [-0.4, -0.2) is 24.4 Å². The molecule has 0 aromatic heterocycles. The molecule has 1 aliphatic heterocycles. The Labute approximate surface area is 91.2 Å². The predicted octanol–water partition coefficient (Wildman–Crippen LogP) is 1.92. The van der Waals surface area contributed by atoms with Crippen molar-refractivity contribution < 1.29 is 9.84 Å². The third kappa shape index (κ3) is 1.72. The fourth-order valence-electron chi connectivity index (χ4n) is 1.50. The van der Waals surface area contributed by atoms with Crippen LogP contribution >= 0.6 is 15.9 Å². The fourth-order valence-corrected chi connectivity index (χ4v) is 2.17. The summed E-state index contributed by atoms with van der Waals surface area (Å²) in [5, 5.41) is 12.2. The summed E-state index contributed by atoms with van der Waals surface area (Å²) in [6.45, 7) is 2.62. The van der Waals surface area contributed by atoms with Gasteiger partial charge in [0.1, 0.15) is 12.4 Å². The highest BCUT2D eigenvalue weighted by Crippen LogP contribution is 2.36. The standard InChI is InChI=1S/C10H12BrNO2/c1-6-2-8(11)10-9(3-6)14-5-7(4-13)12-10/h2-3,7,12-13H,4-5H2,1H3. The minimum absolute atomic E-state index is 0.0125. The number of anilines is 1. The summed E-state index contributed by atoms with van der Waals surface area (Å²) in [4.78, 5) is 0. The highest BCUT2D eigenvalue weighted by Gasteiger charge is 2.20. The molecule has 1 aliphatic rings. The van der Waals surface area contributed by atoms with Crippen LogP contribution in [0.4, 0.5) is 5.69 Å². The van der Waals surface area contributed by atoms with Gasteiger partial charge in [0.2, 0.25) is 0 Å². The van der Waals surface area contributed by atoms with Crippen LogP contribution in [0.25, 0.3) is 0 Å². The van der Waals surface area contributed by atoms with Gasteiger partial charge in [0.25, 0.3) is 0 Å². The molecular formula is C10H12BrNO2. The summed E-state index contributed by atoms with van der Waals surface area (Å²) >= 11 is 3.47. The molecule has 3 nitrogen and oxygen atoms in total. The second-order valence-electron chi connectivity index (χ2n) is 3.45. The number of benzene rings is 1. The summed E-state index contributed by atoms with van der Waals surface area (Å²) in [6, 6.07) is 4.00.